The third-order valence-corrected chi connectivity index (χ3v) is 1.93. The molecule has 0 fully saturated rings. The molecule has 2 rings (SSSR count). The van der Waals surface area contributed by atoms with E-state index in [1.165, 1.54) is 6.07 Å². The van der Waals surface area contributed by atoms with E-state index in [0.717, 1.165) is 0 Å². The van der Waals surface area contributed by atoms with Gasteiger partial charge in [0.15, 0.2) is 0 Å². The van der Waals surface area contributed by atoms with Crippen LogP contribution in [0.3, 0.4) is 0 Å². The number of esters is 1. The SMILES string of the molecule is O=C1OC(O)Nc2ccc(Cl)cc21. The highest BCUT2D eigenvalue weighted by Gasteiger charge is 2.23. The fraction of sp³-hybridized carbons (Fsp3) is 0.125. The number of benzene rings is 1. The Morgan fingerprint density at radius 2 is 2.31 bits per heavy atom. The second-order valence-corrected chi connectivity index (χ2v) is 3.03. The number of nitrogens with one attached hydrogen (secondary N) is 1. The minimum absolute atomic E-state index is 0.331. The summed E-state index contributed by atoms with van der Waals surface area (Å²) in [4.78, 5) is 11.2. The minimum atomic E-state index is -1.28. The number of aliphatic hydroxyl groups is 1. The van der Waals surface area contributed by atoms with E-state index in [-0.39, 0.29) is 0 Å². The molecule has 68 valence electrons. The molecular weight excluding hydrogens is 194 g/mol. The van der Waals surface area contributed by atoms with Crippen LogP contribution in [0.25, 0.3) is 0 Å². The summed E-state index contributed by atoms with van der Waals surface area (Å²) in [6.07, 6.45) is -1.28. The van der Waals surface area contributed by atoms with Crippen LogP contribution in [-0.2, 0) is 4.74 Å². The van der Waals surface area contributed by atoms with Crippen molar-refractivity contribution in [1.29, 1.82) is 0 Å². The second kappa shape index (κ2) is 2.90. The molecule has 0 saturated carbocycles. The van der Waals surface area contributed by atoms with Crippen molar-refractivity contribution in [2.75, 3.05) is 5.32 Å². The van der Waals surface area contributed by atoms with Crippen molar-refractivity contribution in [3.05, 3.63) is 28.8 Å². The summed E-state index contributed by atoms with van der Waals surface area (Å²) in [5.74, 6) is -0.580. The van der Waals surface area contributed by atoms with E-state index in [9.17, 15) is 4.79 Å². The monoisotopic (exact) mass is 199 g/mol. The molecule has 1 aliphatic rings. The van der Waals surface area contributed by atoms with Crippen molar-refractivity contribution in [1.82, 2.24) is 0 Å². The number of carbonyl (C=O) groups excluding carboxylic acids is 1. The summed E-state index contributed by atoms with van der Waals surface area (Å²) in [6, 6.07) is 4.72. The number of ether oxygens (including phenoxy) is 1. The Bertz CT molecular complexity index is 366. The number of halogens is 1. The number of hydrogen-bond donors (Lipinski definition) is 2. The third-order valence-electron chi connectivity index (χ3n) is 1.70. The van der Waals surface area contributed by atoms with Crippen LogP contribution >= 0.6 is 11.6 Å². The Balaban J connectivity index is 2.49. The Hall–Kier alpha value is -1.26. The predicted molar refractivity (Wildman–Crippen MR) is 46.5 cm³/mol. The van der Waals surface area contributed by atoms with Gasteiger partial charge in [-0.3, -0.25) is 0 Å². The first-order chi connectivity index (χ1) is 6.16. The fourth-order valence-electron chi connectivity index (χ4n) is 1.14. The molecule has 0 bridgehead atoms. The molecule has 1 aromatic rings. The molecule has 0 saturated heterocycles. The van der Waals surface area contributed by atoms with Crippen molar-refractivity contribution in [3.63, 3.8) is 0 Å². The van der Waals surface area contributed by atoms with Gasteiger partial charge in [0, 0.05) is 5.02 Å². The Labute approximate surface area is 79.1 Å². The molecular formula is C8H6ClNO3. The number of carbonyl (C=O) groups is 1. The molecule has 1 atom stereocenters. The molecule has 4 nitrogen and oxygen atoms in total. The summed E-state index contributed by atoms with van der Waals surface area (Å²) in [5.41, 5.74) is 0.853. The number of cyclic esters (lactones) is 1. The smallest absolute Gasteiger partial charge is 0.343 e. The molecule has 0 radical (unpaired) electrons. The van der Waals surface area contributed by atoms with Crippen LogP contribution in [0.4, 0.5) is 5.69 Å². The topological polar surface area (TPSA) is 58.6 Å². The first-order valence-corrected chi connectivity index (χ1v) is 4.00. The van der Waals surface area contributed by atoms with Crippen LogP contribution in [0, 0.1) is 0 Å². The van der Waals surface area contributed by atoms with E-state index in [4.69, 9.17) is 16.7 Å². The summed E-state index contributed by atoms with van der Waals surface area (Å²) in [5, 5.41) is 12.0. The van der Waals surface area contributed by atoms with E-state index >= 15 is 0 Å². The van der Waals surface area contributed by atoms with Crippen LogP contribution < -0.4 is 5.32 Å². The van der Waals surface area contributed by atoms with Crippen LogP contribution in [0.15, 0.2) is 18.2 Å². The number of fused-ring (bicyclic) bond motifs is 1. The standard InChI is InChI=1S/C8H6ClNO3/c9-4-1-2-6-5(3-4)7(11)13-8(12)10-6/h1-3,8,10,12H. The van der Waals surface area contributed by atoms with E-state index in [1.807, 2.05) is 0 Å². The van der Waals surface area contributed by atoms with Crippen LogP contribution in [0.5, 0.6) is 0 Å². The highest BCUT2D eigenvalue weighted by Crippen LogP contribution is 2.25. The molecule has 2 N–H and O–H groups in total. The van der Waals surface area contributed by atoms with Crippen molar-refractivity contribution in [2.45, 2.75) is 6.41 Å². The summed E-state index contributed by atoms with van der Waals surface area (Å²) < 4.78 is 4.51. The molecule has 1 aliphatic heterocycles. The first kappa shape index (κ1) is 8.34. The number of aliphatic hydroxyl groups excluding tert-OH is 1. The van der Waals surface area contributed by atoms with Gasteiger partial charge < -0.3 is 15.2 Å². The van der Waals surface area contributed by atoms with Crippen molar-refractivity contribution in [2.24, 2.45) is 0 Å². The summed E-state index contributed by atoms with van der Waals surface area (Å²) in [7, 11) is 0. The second-order valence-electron chi connectivity index (χ2n) is 2.59. The lowest BCUT2D eigenvalue weighted by atomic mass is 10.1. The molecule has 0 aliphatic carbocycles. The lowest BCUT2D eigenvalue weighted by molar-refractivity contribution is -0.0502. The van der Waals surface area contributed by atoms with Crippen molar-refractivity contribution in [3.8, 4) is 0 Å². The van der Waals surface area contributed by atoms with Gasteiger partial charge in [0.05, 0.1) is 11.3 Å². The normalized spacial score (nSPS) is 20.2. The molecule has 0 aromatic heterocycles. The fourth-order valence-corrected chi connectivity index (χ4v) is 1.31. The van der Waals surface area contributed by atoms with Gasteiger partial charge in [-0.2, -0.15) is 0 Å². The Kier molecular flexibility index (Phi) is 1.86. The molecule has 1 aromatic carbocycles. The van der Waals surface area contributed by atoms with E-state index in [0.29, 0.717) is 16.3 Å². The number of rotatable bonds is 0. The van der Waals surface area contributed by atoms with E-state index in [2.05, 4.69) is 10.1 Å². The molecule has 0 spiro atoms. The Morgan fingerprint density at radius 3 is 3.08 bits per heavy atom. The van der Waals surface area contributed by atoms with Crippen molar-refractivity contribution >= 4 is 23.3 Å². The van der Waals surface area contributed by atoms with E-state index < -0.39 is 12.4 Å². The maximum Gasteiger partial charge on any atom is 0.343 e. The van der Waals surface area contributed by atoms with Gasteiger partial charge in [-0.05, 0) is 18.2 Å². The highest BCUT2D eigenvalue weighted by atomic mass is 35.5. The van der Waals surface area contributed by atoms with Gasteiger partial charge >= 0.3 is 5.97 Å². The molecule has 1 unspecified atom stereocenters. The van der Waals surface area contributed by atoms with Gasteiger partial charge in [-0.1, -0.05) is 11.6 Å². The quantitative estimate of drug-likeness (QED) is 0.617. The highest BCUT2D eigenvalue weighted by molar-refractivity contribution is 6.31. The third kappa shape index (κ3) is 1.46. The first-order valence-electron chi connectivity index (χ1n) is 3.62. The van der Waals surface area contributed by atoms with Crippen LogP contribution in [-0.4, -0.2) is 17.5 Å². The maximum atomic E-state index is 11.2. The van der Waals surface area contributed by atoms with Crippen LogP contribution in [0.1, 0.15) is 10.4 Å². The zero-order valence-corrected chi connectivity index (χ0v) is 7.21. The van der Waals surface area contributed by atoms with Gasteiger partial charge in [0.25, 0.3) is 6.41 Å². The minimum Gasteiger partial charge on any atom is -0.413 e. The largest absolute Gasteiger partial charge is 0.413 e. The molecule has 13 heavy (non-hydrogen) atoms. The molecule has 0 amide bonds. The number of hydrogen-bond acceptors (Lipinski definition) is 4. The van der Waals surface area contributed by atoms with E-state index in [1.54, 1.807) is 12.1 Å². The molecule has 5 heteroatoms. The summed E-state index contributed by atoms with van der Waals surface area (Å²) >= 11 is 5.68. The zero-order chi connectivity index (χ0) is 9.42. The van der Waals surface area contributed by atoms with Crippen LogP contribution in [0.2, 0.25) is 5.02 Å². The number of anilines is 1. The lowest BCUT2D eigenvalue weighted by Gasteiger charge is -2.22. The summed E-state index contributed by atoms with van der Waals surface area (Å²) in [6.45, 7) is 0. The lowest BCUT2D eigenvalue weighted by Crippen LogP contribution is -2.31. The van der Waals surface area contributed by atoms with Gasteiger partial charge in [0.1, 0.15) is 0 Å². The average molecular weight is 200 g/mol. The van der Waals surface area contributed by atoms with Gasteiger partial charge in [-0.15, -0.1) is 0 Å². The van der Waals surface area contributed by atoms with Gasteiger partial charge in [-0.25, -0.2) is 4.79 Å². The average Bonchev–Trinajstić information content (AvgIpc) is 2.06. The zero-order valence-electron chi connectivity index (χ0n) is 6.45. The van der Waals surface area contributed by atoms with Gasteiger partial charge in [0.2, 0.25) is 0 Å². The maximum absolute atomic E-state index is 11.2. The predicted octanol–water partition coefficient (Wildman–Crippen LogP) is 1.20. The molecule has 1 heterocycles. The van der Waals surface area contributed by atoms with Crippen molar-refractivity contribution < 1.29 is 14.6 Å². The Morgan fingerprint density at radius 1 is 1.54 bits per heavy atom.